The van der Waals surface area contributed by atoms with Gasteiger partial charge in [-0.3, -0.25) is 4.79 Å². The first-order chi connectivity index (χ1) is 13.1. The molecule has 0 bridgehead atoms. The third-order valence-corrected chi connectivity index (χ3v) is 4.83. The molecular weight excluding hydrogens is 338 g/mol. The number of nitrogens with zero attached hydrogens (tertiary/aromatic N) is 4. The van der Waals surface area contributed by atoms with Gasteiger partial charge in [-0.25, -0.2) is 9.97 Å². The first-order valence-corrected chi connectivity index (χ1v) is 8.94. The molecule has 0 fully saturated rings. The predicted octanol–water partition coefficient (Wildman–Crippen LogP) is 3.66. The second-order valence-electron chi connectivity index (χ2n) is 6.61. The van der Waals surface area contributed by atoms with Crippen LogP contribution in [0.3, 0.4) is 0 Å². The molecule has 0 aliphatic rings. The molecule has 4 aromatic rings. The highest BCUT2D eigenvalue weighted by molar-refractivity contribution is 5.83. The molecule has 0 saturated carbocycles. The predicted molar refractivity (Wildman–Crippen MR) is 105 cm³/mol. The van der Waals surface area contributed by atoms with Gasteiger partial charge in [0, 0.05) is 18.1 Å². The maximum atomic E-state index is 12.8. The number of rotatable bonds is 5. The number of nitrogens with one attached hydrogen (secondary N) is 1. The van der Waals surface area contributed by atoms with Gasteiger partial charge in [0.2, 0.25) is 5.91 Å². The summed E-state index contributed by atoms with van der Waals surface area (Å²) in [4.78, 5) is 21.2. The molecule has 1 N–H and O–H groups in total. The summed E-state index contributed by atoms with van der Waals surface area (Å²) in [6.45, 7) is 3.88. The molecule has 136 valence electrons. The van der Waals surface area contributed by atoms with E-state index >= 15 is 0 Å². The van der Waals surface area contributed by atoms with E-state index in [9.17, 15) is 4.79 Å². The van der Waals surface area contributed by atoms with Gasteiger partial charge in [-0.05, 0) is 43.7 Å². The zero-order valence-corrected chi connectivity index (χ0v) is 15.3. The summed E-state index contributed by atoms with van der Waals surface area (Å²) in [6.07, 6.45) is 7.13. The molecule has 2 heterocycles. The van der Waals surface area contributed by atoms with Crippen molar-refractivity contribution in [2.24, 2.45) is 0 Å². The molecule has 0 spiro atoms. The van der Waals surface area contributed by atoms with E-state index in [1.807, 2.05) is 77.7 Å². The fourth-order valence-corrected chi connectivity index (χ4v) is 3.18. The van der Waals surface area contributed by atoms with Gasteiger partial charge in [0.15, 0.2) is 0 Å². The number of fused-ring (bicyclic) bond motifs is 1. The minimum atomic E-state index is -0.343. The van der Waals surface area contributed by atoms with Crippen LogP contribution in [0.4, 0.5) is 0 Å². The lowest BCUT2D eigenvalue weighted by atomic mass is 10.1. The first-order valence-electron chi connectivity index (χ1n) is 8.94. The number of hydrogen-bond donors (Lipinski definition) is 1. The van der Waals surface area contributed by atoms with Gasteiger partial charge in [-0.2, -0.15) is 0 Å². The van der Waals surface area contributed by atoms with E-state index in [4.69, 9.17) is 0 Å². The van der Waals surface area contributed by atoms with Gasteiger partial charge in [0.1, 0.15) is 6.04 Å². The van der Waals surface area contributed by atoms with Crippen LogP contribution in [0.15, 0.2) is 73.6 Å². The van der Waals surface area contributed by atoms with Gasteiger partial charge < -0.3 is 14.5 Å². The fourth-order valence-electron chi connectivity index (χ4n) is 3.18. The fraction of sp³-hybridized carbons (Fsp3) is 0.190. The number of para-hydroxylation sites is 2. The van der Waals surface area contributed by atoms with E-state index in [0.29, 0.717) is 0 Å². The van der Waals surface area contributed by atoms with Crippen molar-refractivity contribution < 1.29 is 4.79 Å². The number of carbonyl (C=O) groups is 1. The van der Waals surface area contributed by atoms with Crippen molar-refractivity contribution in [2.45, 2.75) is 25.9 Å². The summed E-state index contributed by atoms with van der Waals surface area (Å²) in [5, 5.41) is 3.10. The summed E-state index contributed by atoms with van der Waals surface area (Å²) in [7, 11) is 0. The van der Waals surface area contributed by atoms with E-state index in [2.05, 4.69) is 15.3 Å². The van der Waals surface area contributed by atoms with E-state index in [0.717, 1.165) is 22.3 Å². The molecule has 0 radical (unpaired) electrons. The molecule has 0 saturated heterocycles. The Morgan fingerprint density at radius 2 is 1.81 bits per heavy atom. The largest absolute Gasteiger partial charge is 0.348 e. The summed E-state index contributed by atoms with van der Waals surface area (Å²) in [5.41, 5.74) is 3.93. The molecule has 2 aromatic carbocycles. The van der Waals surface area contributed by atoms with E-state index < -0.39 is 0 Å². The Hall–Kier alpha value is -3.41. The van der Waals surface area contributed by atoms with Gasteiger partial charge >= 0.3 is 0 Å². The van der Waals surface area contributed by atoms with Crippen LogP contribution in [0.2, 0.25) is 0 Å². The zero-order chi connectivity index (χ0) is 18.8. The van der Waals surface area contributed by atoms with Crippen molar-refractivity contribution >= 4 is 16.9 Å². The summed E-state index contributed by atoms with van der Waals surface area (Å²) in [6, 6.07) is 15.5. The quantitative estimate of drug-likeness (QED) is 0.591. The first kappa shape index (κ1) is 17.0. The van der Waals surface area contributed by atoms with Crippen LogP contribution < -0.4 is 5.32 Å². The highest BCUT2D eigenvalue weighted by atomic mass is 16.2. The zero-order valence-electron chi connectivity index (χ0n) is 15.3. The normalized spacial score (nSPS) is 13.4. The van der Waals surface area contributed by atoms with Gasteiger partial charge in [-0.15, -0.1) is 0 Å². The second kappa shape index (κ2) is 7.07. The number of imidazole rings is 2. The third-order valence-electron chi connectivity index (χ3n) is 4.83. The molecule has 1 amide bonds. The Balaban J connectivity index is 1.47. The molecule has 27 heavy (non-hydrogen) atoms. The molecule has 6 nitrogen and oxygen atoms in total. The second-order valence-corrected chi connectivity index (χ2v) is 6.61. The van der Waals surface area contributed by atoms with Crippen molar-refractivity contribution in [1.82, 2.24) is 24.4 Å². The number of hydrogen-bond acceptors (Lipinski definition) is 3. The highest BCUT2D eigenvalue weighted by Crippen LogP contribution is 2.20. The average Bonchev–Trinajstić information content (AvgIpc) is 3.37. The lowest BCUT2D eigenvalue weighted by Crippen LogP contribution is -2.32. The molecule has 0 aliphatic heterocycles. The SMILES string of the molecule is C[C@H](C(=O)N[C@H](C)c1ccc(-n2ccnc2)cc1)n1cnc2ccccc21. The Labute approximate surface area is 157 Å². The Bertz CT molecular complexity index is 1050. The van der Waals surface area contributed by atoms with Crippen LogP contribution in [0.1, 0.15) is 31.5 Å². The van der Waals surface area contributed by atoms with Crippen molar-refractivity contribution in [3.8, 4) is 5.69 Å². The smallest absolute Gasteiger partial charge is 0.243 e. The van der Waals surface area contributed by atoms with Crippen molar-refractivity contribution in [1.29, 1.82) is 0 Å². The van der Waals surface area contributed by atoms with E-state index in [1.54, 1.807) is 18.9 Å². The van der Waals surface area contributed by atoms with Crippen LogP contribution in [0.5, 0.6) is 0 Å². The Morgan fingerprint density at radius 3 is 2.56 bits per heavy atom. The Kier molecular flexibility index (Phi) is 4.46. The van der Waals surface area contributed by atoms with Crippen molar-refractivity contribution in [3.05, 3.63) is 79.1 Å². The minimum Gasteiger partial charge on any atom is -0.348 e. The van der Waals surface area contributed by atoms with Crippen LogP contribution in [-0.4, -0.2) is 25.0 Å². The number of aromatic nitrogens is 4. The molecule has 4 rings (SSSR count). The van der Waals surface area contributed by atoms with Gasteiger partial charge in [0.25, 0.3) is 0 Å². The maximum Gasteiger partial charge on any atom is 0.243 e. The average molecular weight is 359 g/mol. The van der Waals surface area contributed by atoms with Gasteiger partial charge in [-0.1, -0.05) is 24.3 Å². The lowest BCUT2D eigenvalue weighted by Gasteiger charge is -2.19. The maximum absolute atomic E-state index is 12.8. The van der Waals surface area contributed by atoms with Crippen molar-refractivity contribution in [3.63, 3.8) is 0 Å². The standard InChI is InChI=1S/C21H21N5O/c1-15(17-7-9-18(10-8-17)25-12-11-22-13-25)24-21(27)16(2)26-14-23-19-5-3-4-6-20(19)26/h3-16H,1-2H3,(H,24,27)/t15-,16-/m1/s1. The van der Waals surface area contributed by atoms with Crippen LogP contribution in [0, 0.1) is 0 Å². The van der Waals surface area contributed by atoms with E-state index in [-0.39, 0.29) is 18.0 Å². The topological polar surface area (TPSA) is 64.7 Å². The highest BCUT2D eigenvalue weighted by Gasteiger charge is 2.19. The molecule has 2 atom stereocenters. The van der Waals surface area contributed by atoms with E-state index in [1.165, 1.54) is 0 Å². The van der Waals surface area contributed by atoms with Crippen molar-refractivity contribution in [2.75, 3.05) is 0 Å². The summed E-state index contributed by atoms with van der Waals surface area (Å²) >= 11 is 0. The number of carbonyl (C=O) groups excluding carboxylic acids is 1. The third kappa shape index (κ3) is 3.33. The minimum absolute atomic E-state index is 0.0376. The lowest BCUT2D eigenvalue weighted by molar-refractivity contribution is -0.124. The van der Waals surface area contributed by atoms with Crippen LogP contribution in [0.25, 0.3) is 16.7 Å². The van der Waals surface area contributed by atoms with Crippen LogP contribution in [-0.2, 0) is 4.79 Å². The van der Waals surface area contributed by atoms with Gasteiger partial charge in [0.05, 0.1) is 29.7 Å². The summed E-state index contributed by atoms with van der Waals surface area (Å²) in [5.74, 6) is -0.0376. The van der Waals surface area contributed by atoms with Crippen LogP contribution >= 0.6 is 0 Å². The molecule has 6 heteroatoms. The summed E-state index contributed by atoms with van der Waals surface area (Å²) < 4.78 is 3.85. The molecule has 2 aromatic heterocycles. The number of benzene rings is 2. The molecule has 0 unspecified atom stereocenters. The Morgan fingerprint density at radius 1 is 1.04 bits per heavy atom. The molecular formula is C21H21N5O. The monoisotopic (exact) mass is 359 g/mol. The number of amides is 1. The molecule has 0 aliphatic carbocycles.